The molecule has 0 bridgehead atoms. The third kappa shape index (κ3) is 2.46. The van der Waals surface area contributed by atoms with E-state index in [1.165, 1.54) is 11.8 Å². The molecule has 1 aromatic heterocycles. The Balaban J connectivity index is 2.41. The molecule has 0 saturated heterocycles. The van der Waals surface area contributed by atoms with Crippen molar-refractivity contribution < 1.29 is 9.90 Å². The number of thioether (sulfide) groups is 1. The van der Waals surface area contributed by atoms with E-state index in [1.54, 1.807) is 24.4 Å². The number of aromatic nitrogens is 1. The summed E-state index contributed by atoms with van der Waals surface area (Å²) >= 11 is 7.07. The van der Waals surface area contributed by atoms with Gasteiger partial charge in [-0.25, -0.2) is 0 Å². The van der Waals surface area contributed by atoms with Crippen molar-refractivity contribution >= 4 is 40.2 Å². The maximum atomic E-state index is 10.4. The molecule has 5 heteroatoms. The lowest BCUT2D eigenvalue weighted by Gasteiger charge is -2.06. The second-order valence-electron chi connectivity index (χ2n) is 3.13. The van der Waals surface area contributed by atoms with Crippen LogP contribution >= 0.6 is 23.4 Å². The van der Waals surface area contributed by atoms with Gasteiger partial charge in [0.1, 0.15) is 0 Å². The van der Waals surface area contributed by atoms with E-state index in [2.05, 4.69) is 4.98 Å². The summed E-state index contributed by atoms with van der Waals surface area (Å²) in [6.07, 6.45) is 1.64. The van der Waals surface area contributed by atoms with Gasteiger partial charge in [-0.1, -0.05) is 17.7 Å². The number of benzene rings is 1. The van der Waals surface area contributed by atoms with Gasteiger partial charge in [0.15, 0.2) is 0 Å². The van der Waals surface area contributed by atoms with Crippen LogP contribution in [0.4, 0.5) is 0 Å². The number of nitrogens with zero attached hydrogens (tertiary/aromatic N) is 1. The van der Waals surface area contributed by atoms with Crippen molar-refractivity contribution in [1.29, 1.82) is 0 Å². The lowest BCUT2D eigenvalue weighted by Crippen LogP contribution is -2.24. The van der Waals surface area contributed by atoms with Crippen LogP contribution in [0.2, 0.25) is 5.02 Å². The molecule has 0 aliphatic heterocycles. The average molecular weight is 253 g/mol. The minimum atomic E-state index is -1.08. The molecule has 3 nitrogen and oxygen atoms in total. The van der Waals surface area contributed by atoms with E-state index in [-0.39, 0.29) is 5.75 Å². The predicted molar refractivity (Wildman–Crippen MR) is 62.5 cm³/mol. The zero-order valence-electron chi connectivity index (χ0n) is 8.14. The topological polar surface area (TPSA) is 53.0 Å². The predicted octanol–water partition coefficient (Wildman–Crippen LogP) is 1.73. The summed E-state index contributed by atoms with van der Waals surface area (Å²) in [6.45, 7) is 0. The Bertz CT molecular complexity index is 544. The molecule has 82 valence electrons. The van der Waals surface area contributed by atoms with E-state index in [9.17, 15) is 9.90 Å². The van der Waals surface area contributed by atoms with Crippen LogP contribution in [0.15, 0.2) is 35.4 Å². The molecule has 16 heavy (non-hydrogen) atoms. The number of hydrogen-bond acceptors (Lipinski definition) is 4. The smallest absolute Gasteiger partial charge is 0.0728 e. The highest BCUT2D eigenvalue weighted by molar-refractivity contribution is 8.00. The van der Waals surface area contributed by atoms with Crippen molar-refractivity contribution in [2.24, 2.45) is 0 Å². The second-order valence-corrected chi connectivity index (χ2v) is 4.58. The summed E-state index contributed by atoms with van der Waals surface area (Å²) in [7, 11) is 0. The lowest BCUT2D eigenvalue weighted by molar-refractivity contribution is -0.301. The third-order valence-corrected chi connectivity index (χ3v) is 3.29. The van der Waals surface area contributed by atoms with E-state index < -0.39 is 5.97 Å². The number of hydrogen-bond donors (Lipinski definition) is 0. The Labute approximate surface area is 101 Å². The van der Waals surface area contributed by atoms with Crippen LogP contribution in [0.1, 0.15) is 0 Å². The molecule has 0 fully saturated rings. The molecule has 0 unspecified atom stereocenters. The average Bonchev–Trinajstić information content (AvgIpc) is 2.25. The van der Waals surface area contributed by atoms with E-state index in [1.807, 2.05) is 6.07 Å². The lowest BCUT2D eigenvalue weighted by atomic mass is 10.2. The zero-order chi connectivity index (χ0) is 11.5. The van der Waals surface area contributed by atoms with Crippen molar-refractivity contribution in [3.63, 3.8) is 0 Å². The van der Waals surface area contributed by atoms with Gasteiger partial charge in [-0.3, -0.25) is 4.98 Å². The third-order valence-electron chi connectivity index (χ3n) is 2.01. The molecule has 1 heterocycles. The first-order valence-corrected chi connectivity index (χ1v) is 5.90. The first-order valence-electron chi connectivity index (χ1n) is 4.54. The van der Waals surface area contributed by atoms with Gasteiger partial charge >= 0.3 is 0 Å². The van der Waals surface area contributed by atoms with Gasteiger partial charge in [-0.05, 0) is 18.2 Å². The van der Waals surface area contributed by atoms with Gasteiger partial charge in [0, 0.05) is 27.3 Å². The Morgan fingerprint density at radius 3 is 3.00 bits per heavy atom. The van der Waals surface area contributed by atoms with E-state index in [4.69, 9.17) is 11.6 Å². The number of rotatable bonds is 3. The number of carbonyl (C=O) groups excluding carboxylic acids is 1. The van der Waals surface area contributed by atoms with Crippen molar-refractivity contribution in [3.8, 4) is 0 Å². The quantitative estimate of drug-likeness (QED) is 0.781. The Kier molecular flexibility index (Phi) is 3.31. The number of carboxylic acids is 1. The molecule has 0 atom stereocenters. The van der Waals surface area contributed by atoms with Crippen molar-refractivity contribution in [1.82, 2.24) is 4.98 Å². The maximum absolute atomic E-state index is 10.4. The highest BCUT2D eigenvalue weighted by Crippen LogP contribution is 2.27. The Morgan fingerprint density at radius 1 is 1.44 bits per heavy atom. The number of pyridine rings is 1. The fourth-order valence-corrected chi connectivity index (χ4v) is 2.28. The fraction of sp³-hybridized carbons (Fsp3) is 0.0909. The molecule has 0 aliphatic carbocycles. The number of carbonyl (C=O) groups is 1. The molecule has 1 aromatic carbocycles. The largest absolute Gasteiger partial charge is 0.549 e. The molecule has 0 aliphatic rings. The molecule has 2 rings (SSSR count). The first-order chi connectivity index (χ1) is 7.66. The standard InChI is InChI=1S/C11H8ClNO2S/c12-7-1-2-8-9(5-7)13-4-3-10(8)16-6-11(14)15/h1-5H,6H2,(H,14,15)/p-1. The van der Waals surface area contributed by atoms with Gasteiger partial charge in [-0.15, -0.1) is 11.8 Å². The SMILES string of the molecule is O=C([O-])CSc1ccnc2cc(Cl)ccc12. The Morgan fingerprint density at radius 2 is 2.25 bits per heavy atom. The summed E-state index contributed by atoms with van der Waals surface area (Å²) < 4.78 is 0. The number of halogens is 1. The fourth-order valence-electron chi connectivity index (χ4n) is 1.36. The molecule has 0 amide bonds. The monoisotopic (exact) mass is 252 g/mol. The summed E-state index contributed by atoms with van der Waals surface area (Å²) in [5, 5.41) is 11.9. The van der Waals surface area contributed by atoms with Crippen LogP contribution in [0.3, 0.4) is 0 Å². The number of aliphatic carboxylic acids is 1. The molecule has 0 N–H and O–H groups in total. The summed E-state index contributed by atoms with van der Waals surface area (Å²) in [5.74, 6) is -1.15. The summed E-state index contributed by atoms with van der Waals surface area (Å²) in [5.41, 5.74) is 0.760. The van der Waals surface area contributed by atoms with Crippen LogP contribution in [-0.2, 0) is 4.79 Å². The van der Waals surface area contributed by atoms with E-state index >= 15 is 0 Å². The Hall–Kier alpha value is -1.26. The van der Waals surface area contributed by atoms with Crippen LogP contribution < -0.4 is 5.11 Å². The number of carboxylic acid groups (broad SMARTS) is 1. The molecule has 0 spiro atoms. The van der Waals surface area contributed by atoms with Gasteiger partial charge < -0.3 is 9.90 Å². The molecular weight excluding hydrogens is 246 g/mol. The molecule has 2 aromatic rings. The zero-order valence-corrected chi connectivity index (χ0v) is 9.72. The molecule has 0 saturated carbocycles. The van der Waals surface area contributed by atoms with Crippen LogP contribution in [0.5, 0.6) is 0 Å². The van der Waals surface area contributed by atoms with Crippen LogP contribution in [0, 0.1) is 0 Å². The van der Waals surface area contributed by atoms with Crippen LogP contribution in [-0.4, -0.2) is 16.7 Å². The van der Waals surface area contributed by atoms with Gasteiger partial charge in [0.05, 0.1) is 11.5 Å². The van der Waals surface area contributed by atoms with Gasteiger partial charge in [0.25, 0.3) is 0 Å². The van der Waals surface area contributed by atoms with E-state index in [0.29, 0.717) is 5.02 Å². The van der Waals surface area contributed by atoms with Gasteiger partial charge in [0.2, 0.25) is 0 Å². The summed E-state index contributed by atoms with van der Waals surface area (Å²) in [4.78, 5) is 15.4. The minimum absolute atomic E-state index is 0.0677. The number of fused-ring (bicyclic) bond motifs is 1. The van der Waals surface area contributed by atoms with E-state index in [0.717, 1.165) is 15.8 Å². The second kappa shape index (κ2) is 4.72. The molecule has 0 radical (unpaired) electrons. The highest BCUT2D eigenvalue weighted by atomic mass is 35.5. The van der Waals surface area contributed by atoms with Crippen molar-refractivity contribution in [3.05, 3.63) is 35.5 Å². The van der Waals surface area contributed by atoms with Crippen molar-refractivity contribution in [2.45, 2.75) is 4.90 Å². The normalized spacial score (nSPS) is 10.6. The summed E-state index contributed by atoms with van der Waals surface area (Å²) in [6, 6.07) is 7.13. The van der Waals surface area contributed by atoms with Crippen molar-refractivity contribution in [2.75, 3.05) is 5.75 Å². The first kappa shape index (κ1) is 11.2. The highest BCUT2D eigenvalue weighted by Gasteiger charge is 2.03. The minimum Gasteiger partial charge on any atom is -0.549 e. The van der Waals surface area contributed by atoms with Gasteiger partial charge in [-0.2, -0.15) is 0 Å². The maximum Gasteiger partial charge on any atom is 0.0728 e. The van der Waals surface area contributed by atoms with Crippen LogP contribution in [0.25, 0.3) is 10.9 Å². The molecular formula is C11H7ClNO2S-.